The number of amides is 1. The molecule has 3 aromatic rings. The number of aromatic hydroxyl groups is 1. The minimum absolute atomic E-state index is 0.0897. The van der Waals surface area contributed by atoms with Crippen LogP contribution in [0.15, 0.2) is 48.5 Å². The normalized spacial score (nSPS) is 17.5. The number of carbonyl (C=O) groups excluding carboxylic acids is 1. The zero-order valence-corrected chi connectivity index (χ0v) is 20.9. The van der Waals surface area contributed by atoms with Crippen LogP contribution in [0.25, 0.3) is 10.9 Å². The summed E-state index contributed by atoms with van der Waals surface area (Å²) in [6.45, 7) is 5.03. The van der Waals surface area contributed by atoms with Crippen molar-refractivity contribution in [3.63, 3.8) is 0 Å². The Hall–Kier alpha value is -3.15. The lowest BCUT2D eigenvalue weighted by Crippen LogP contribution is -2.31. The number of phenols is 1. The van der Waals surface area contributed by atoms with Crippen LogP contribution in [0, 0.1) is 18.8 Å². The fraction of sp³-hybridized carbons (Fsp3) is 0.464. The number of nitrogens with zero attached hydrogens (tertiary/aromatic N) is 3. The number of benzene rings is 2. The third-order valence-corrected chi connectivity index (χ3v) is 6.45. The number of fused-ring (bicyclic) bond motifs is 1. The highest BCUT2D eigenvalue weighted by Crippen LogP contribution is 2.27. The van der Waals surface area contributed by atoms with Crippen molar-refractivity contribution in [2.75, 3.05) is 25.5 Å². The van der Waals surface area contributed by atoms with E-state index in [1.165, 1.54) is 25.7 Å². The van der Waals surface area contributed by atoms with Crippen molar-refractivity contribution in [2.45, 2.75) is 52.4 Å². The van der Waals surface area contributed by atoms with E-state index in [-0.39, 0.29) is 11.7 Å². The average molecular weight is 463 g/mol. The number of nitrogens with one attached hydrogen (secondary N) is 1. The van der Waals surface area contributed by atoms with Crippen molar-refractivity contribution in [3.05, 3.63) is 59.9 Å². The summed E-state index contributed by atoms with van der Waals surface area (Å²) >= 11 is 0. The van der Waals surface area contributed by atoms with Gasteiger partial charge in [-0.25, -0.2) is 9.97 Å². The fourth-order valence-corrected chi connectivity index (χ4v) is 4.36. The van der Waals surface area contributed by atoms with Crippen molar-refractivity contribution in [2.24, 2.45) is 11.8 Å². The zero-order chi connectivity index (χ0) is 24.5. The van der Waals surface area contributed by atoms with E-state index in [0.717, 1.165) is 40.6 Å². The van der Waals surface area contributed by atoms with Crippen LogP contribution in [0.5, 0.6) is 5.75 Å². The van der Waals surface area contributed by atoms with Crippen molar-refractivity contribution in [1.82, 2.24) is 15.3 Å². The highest BCUT2D eigenvalue weighted by molar-refractivity contribution is 5.89. The van der Waals surface area contributed by atoms with Crippen LogP contribution < -0.4 is 10.2 Å². The second-order valence-electron chi connectivity index (χ2n) is 9.56. The maximum absolute atomic E-state index is 11.8. The van der Waals surface area contributed by atoms with Gasteiger partial charge in [0.1, 0.15) is 17.4 Å². The molecule has 6 heteroatoms. The molecule has 0 unspecified atom stereocenters. The van der Waals surface area contributed by atoms with Crippen LogP contribution >= 0.6 is 0 Å². The molecule has 1 saturated carbocycles. The smallest absolute Gasteiger partial charge is 0.220 e. The van der Waals surface area contributed by atoms with Gasteiger partial charge in [-0.1, -0.05) is 50.1 Å². The highest BCUT2D eigenvalue weighted by Gasteiger charge is 2.18. The Bertz CT molecular complexity index is 1070. The summed E-state index contributed by atoms with van der Waals surface area (Å²) in [7, 11) is 3.99. The summed E-state index contributed by atoms with van der Waals surface area (Å²) in [4.78, 5) is 22.6. The molecule has 1 amide bonds. The Morgan fingerprint density at radius 3 is 2.41 bits per heavy atom. The van der Waals surface area contributed by atoms with E-state index >= 15 is 0 Å². The lowest BCUT2D eigenvalue weighted by Gasteiger charge is -2.26. The molecule has 0 aliphatic heterocycles. The number of hydrogen-bond donors (Lipinski definition) is 2. The SMILES string of the molecule is CC1CCC(CNC(=O)CCc2ccccc2O)CC1.Cc1nc(N(C)C)c2ccccc2n1. The van der Waals surface area contributed by atoms with E-state index in [4.69, 9.17) is 0 Å². The van der Waals surface area contributed by atoms with Crippen LogP contribution in [0.2, 0.25) is 0 Å². The molecule has 1 aliphatic rings. The van der Waals surface area contributed by atoms with Crippen LogP contribution in [-0.2, 0) is 11.2 Å². The molecule has 0 atom stereocenters. The van der Waals surface area contributed by atoms with Gasteiger partial charge < -0.3 is 15.3 Å². The molecule has 0 spiro atoms. The molecule has 182 valence electrons. The zero-order valence-electron chi connectivity index (χ0n) is 20.9. The standard InChI is InChI=1S/C17H25NO2.C11H13N3/c1-13-6-8-14(9-7-13)12-18-17(20)11-10-15-4-2-3-5-16(15)19;1-8-12-10-7-5-4-6-9(10)11(13-8)14(2)3/h2-5,13-14,19H,6-12H2,1H3,(H,18,20);4-7H,1-3H3. The van der Waals surface area contributed by atoms with Crippen LogP contribution in [0.1, 0.15) is 50.4 Å². The number of aromatic nitrogens is 2. The second kappa shape index (κ2) is 12.4. The van der Waals surface area contributed by atoms with E-state index in [0.29, 0.717) is 18.8 Å². The number of aryl methyl sites for hydroxylation is 2. The molecule has 6 nitrogen and oxygen atoms in total. The largest absolute Gasteiger partial charge is 0.508 e. The molecule has 34 heavy (non-hydrogen) atoms. The molecule has 2 aromatic carbocycles. The minimum Gasteiger partial charge on any atom is -0.508 e. The van der Waals surface area contributed by atoms with Crippen LogP contribution in [0.3, 0.4) is 0 Å². The summed E-state index contributed by atoms with van der Waals surface area (Å²) in [6.07, 6.45) is 6.10. The van der Waals surface area contributed by atoms with E-state index < -0.39 is 0 Å². The molecule has 1 aliphatic carbocycles. The second-order valence-corrected chi connectivity index (χ2v) is 9.56. The highest BCUT2D eigenvalue weighted by atomic mass is 16.3. The fourth-order valence-electron chi connectivity index (χ4n) is 4.36. The Labute approximate surface area is 203 Å². The van der Waals surface area contributed by atoms with Gasteiger partial charge in [0.25, 0.3) is 0 Å². The minimum atomic E-state index is 0.0897. The first-order valence-corrected chi connectivity index (χ1v) is 12.3. The third kappa shape index (κ3) is 7.44. The quantitative estimate of drug-likeness (QED) is 0.522. The summed E-state index contributed by atoms with van der Waals surface area (Å²) < 4.78 is 0. The van der Waals surface area contributed by atoms with Gasteiger partial charge in [-0.3, -0.25) is 4.79 Å². The third-order valence-electron chi connectivity index (χ3n) is 6.45. The predicted molar refractivity (Wildman–Crippen MR) is 139 cm³/mol. The van der Waals surface area contributed by atoms with Gasteiger partial charge in [0, 0.05) is 32.4 Å². The van der Waals surface area contributed by atoms with Gasteiger partial charge in [-0.15, -0.1) is 0 Å². The number of hydrogen-bond acceptors (Lipinski definition) is 5. The first kappa shape index (κ1) is 25.5. The maximum Gasteiger partial charge on any atom is 0.220 e. The molecule has 4 rings (SSSR count). The summed E-state index contributed by atoms with van der Waals surface area (Å²) in [5.41, 5.74) is 1.85. The number of para-hydroxylation sites is 2. The van der Waals surface area contributed by atoms with Gasteiger partial charge in [-0.05, 0) is 61.8 Å². The molecule has 1 heterocycles. The average Bonchev–Trinajstić information content (AvgIpc) is 2.83. The monoisotopic (exact) mass is 462 g/mol. The molecule has 1 fully saturated rings. The van der Waals surface area contributed by atoms with Crippen molar-refractivity contribution < 1.29 is 9.90 Å². The first-order valence-electron chi connectivity index (χ1n) is 12.3. The molecular formula is C28H38N4O2. The van der Waals surface area contributed by atoms with Crippen LogP contribution in [0.4, 0.5) is 5.82 Å². The Kier molecular flexibility index (Phi) is 9.25. The molecular weight excluding hydrogens is 424 g/mol. The number of anilines is 1. The van der Waals surface area contributed by atoms with Crippen molar-refractivity contribution in [1.29, 1.82) is 0 Å². The van der Waals surface area contributed by atoms with Gasteiger partial charge in [0.15, 0.2) is 0 Å². The Morgan fingerprint density at radius 2 is 1.71 bits per heavy atom. The summed E-state index contributed by atoms with van der Waals surface area (Å²) in [5.74, 6) is 3.66. The maximum atomic E-state index is 11.8. The summed E-state index contributed by atoms with van der Waals surface area (Å²) in [5, 5.41) is 13.8. The van der Waals surface area contributed by atoms with Gasteiger partial charge in [-0.2, -0.15) is 0 Å². The van der Waals surface area contributed by atoms with Crippen LogP contribution in [-0.4, -0.2) is 41.6 Å². The predicted octanol–water partition coefficient (Wildman–Crippen LogP) is 5.27. The Balaban J connectivity index is 0.000000202. The lowest BCUT2D eigenvalue weighted by atomic mass is 9.83. The molecule has 2 N–H and O–H groups in total. The van der Waals surface area contributed by atoms with Gasteiger partial charge >= 0.3 is 0 Å². The lowest BCUT2D eigenvalue weighted by molar-refractivity contribution is -0.121. The topological polar surface area (TPSA) is 78.3 Å². The van der Waals surface area contributed by atoms with E-state index in [2.05, 4.69) is 22.2 Å². The summed E-state index contributed by atoms with van der Waals surface area (Å²) in [6, 6.07) is 15.3. The number of rotatable bonds is 6. The molecule has 0 saturated heterocycles. The molecule has 0 radical (unpaired) electrons. The van der Waals surface area contributed by atoms with E-state index in [1.54, 1.807) is 12.1 Å². The molecule has 1 aromatic heterocycles. The number of phenolic OH excluding ortho intramolecular Hbond substituents is 1. The van der Waals surface area contributed by atoms with Gasteiger partial charge in [0.05, 0.1) is 5.52 Å². The molecule has 0 bridgehead atoms. The van der Waals surface area contributed by atoms with Crippen molar-refractivity contribution >= 4 is 22.6 Å². The van der Waals surface area contributed by atoms with Gasteiger partial charge in [0.2, 0.25) is 5.91 Å². The van der Waals surface area contributed by atoms with Crippen molar-refractivity contribution in [3.8, 4) is 5.75 Å². The number of carbonyl (C=O) groups is 1. The Morgan fingerprint density at radius 1 is 1.03 bits per heavy atom. The van der Waals surface area contributed by atoms with E-state index in [1.807, 2.05) is 62.3 Å². The first-order chi connectivity index (χ1) is 16.3. The van der Waals surface area contributed by atoms with E-state index in [9.17, 15) is 9.90 Å².